The first-order valence-corrected chi connectivity index (χ1v) is 16.0. The van der Waals surface area contributed by atoms with Crippen LogP contribution in [0.5, 0.6) is 0 Å². The Morgan fingerprint density at radius 1 is 0.717 bits per heavy atom. The summed E-state index contributed by atoms with van der Waals surface area (Å²) in [6, 6.07) is 37.0. The van der Waals surface area contributed by atoms with Crippen LogP contribution in [-0.2, 0) is 22.7 Å². The third kappa shape index (κ3) is 7.41. The molecule has 234 valence electrons. The maximum atomic E-state index is 14.7. The third-order valence-corrected chi connectivity index (χ3v) is 9.23. The summed E-state index contributed by atoms with van der Waals surface area (Å²) < 4.78 is 71.6. The van der Waals surface area contributed by atoms with Gasteiger partial charge in [0.05, 0.1) is 17.0 Å². The van der Waals surface area contributed by atoms with Crippen molar-refractivity contribution in [1.82, 2.24) is 4.31 Å². The Balaban J connectivity index is 1.80. The van der Waals surface area contributed by atoms with Crippen molar-refractivity contribution >= 4 is 27.5 Å². The van der Waals surface area contributed by atoms with Crippen molar-refractivity contribution < 1.29 is 21.6 Å². The highest BCUT2D eigenvalue weighted by molar-refractivity contribution is 7.89. The number of anilines is 1. The first kappa shape index (κ1) is 32.3. The van der Waals surface area contributed by atoms with Crippen LogP contribution in [0, 0.1) is 13.8 Å². The van der Waals surface area contributed by atoms with E-state index in [0.29, 0.717) is 28.1 Å². The van der Waals surface area contributed by atoms with E-state index in [1.807, 2.05) is 98.8 Å². The van der Waals surface area contributed by atoms with E-state index in [0.717, 1.165) is 23.3 Å². The molecule has 0 aliphatic carbocycles. The average molecular weight is 639 g/mol. The van der Waals surface area contributed by atoms with Crippen molar-refractivity contribution in [2.24, 2.45) is 0 Å². The molecule has 0 unspecified atom stereocenters. The number of hydrogen-bond donors (Lipinski definition) is 0. The van der Waals surface area contributed by atoms with Gasteiger partial charge in [0.25, 0.3) is 10.0 Å². The SMILES string of the molecule is C=C(c1ccc(C)cc1)N(/C(=C/c1ccccc1)N(Cc1ccccc1)S(=O)(=O)c1ccc(C)cc1)c1ccc(C(F)(F)F)cc1. The summed E-state index contributed by atoms with van der Waals surface area (Å²) in [5.74, 6) is 0.181. The minimum Gasteiger partial charge on any atom is -0.296 e. The molecule has 0 atom stereocenters. The van der Waals surface area contributed by atoms with Gasteiger partial charge in [-0.05, 0) is 73.0 Å². The molecule has 5 aromatic rings. The molecule has 0 bridgehead atoms. The summed E-state index contributed by atoms with van der Waals surface area (Å²) in [6.45, 7) is 8.11. The Kier molecular flexibility index (Phi) is 9.49. The van der Waals surface area contributed by atoms with E-state index in [1.54, 1.807) is 35.2 Å². The van der Waals surface area contributed by atoms with Crippen LogP contribution in [0.25, 0.3) is 11.8 Å². The van der Waals surface area contributed by atoms with Gasteiger partial charge in [0.2, 0.25) is 0 Å². The fourth-order valence-electron chi connectivity index (χ4n) is 4.92. The quantitative estimate of drug-likeness (QED) is 0.153. The van der Waals surface area contributed by atoms with Gasteiger partial charge in [0.1, 0.15) is 5.82 Å². The largest absolute Gasteiger partial charge is 0.416 e. The first-order valence-electron chi connectivity index (χ1n) is 14.6. The van der Waals surface area contributed by atoms with E-state index in [9.17, 15) is 21.6 Å². The maximum absolute atomic E-state index is 14.7. The van der Waals surface area contributed by atoms with E-state index in [4.69, 9.17) is 0 Å². The summed E-state index contributed by atoms with van der Waals surface area (Å²) in [5, 5.41) is 0. The number of sulfonamides is 1. The monoisotopic (exact) mass is 638 g/mol. The predicted octanol–water partition coefficient (Wildman–Crippen LogP) is 9.69. The highest BCUT2D eigenvalue weighted by atomic mass is 32.2. The van der Waals surface area contributed by atoms with Crippen molar-refractivity contribution in [2.45, 2.75) is 31.5 Å². The maximum Gasteiger partial charge on any atom is 0.416 e. The van der Waals surface area contributed by atoms with Crippen molar-refractivity contribution in [2.75, 3.05) is 4.90 Å². The van der Waals surface area contributed by atoms with Crippen LogP contribution in [0.2, 0.25) is 0 Å². The fourth-order valence-corrected chi connectivity index (χ4v) is 6.36. The van der Waals surface area contributed by atoms with Gasteiger partial charge in [-0.15, -0.1) is 0 Å². The van der Waals surface area contributed by atoms with Crippen LogP contribution in [0.15, 0.2) is 151 Å². The summed E-state index contributed by atoms with van der Waals surface area (Å²) in [4.78, 5) is 1.67. The predicted molar refractivity (Wildman–Crippen MR) is 179 cm³/mol. The second-order valence-electron chi connectivity index (χ2n) is 10.9. The van der Waals surface area contributed by atoms with Gasteiger partial charge >= 0.3 is 6.18 Å². The van der Waals surface area contributed by atoms with Crippen LogP contribution in [0.1, 0.15) is 33.4 Å². The highest BCUT2D eigenvalue weighted by Gasteiger charge is 2.34. The number of rotatable bonds is 10. The lowest BCUT2D eigenvalue weighted by Gasteiger charge is -2.37. The topological polar surface area (TPSA) is 40.6 Å². The number of benzene rings is 5. The smallest absolute Gasteiger partial charge is 0.296 e. The minimum atomic E-state index is -4.55. The van der Waals surface area contributed by atoms with E-state index < -0.39 is 21.8 Å². The fraction of sp³-hybridized carbons (Fsp3) is 0.105. The van der Waals surface area contributed by atoms with Gasteiger partial charge in [-0.1, -0.05) is 115 Å². The molecule has 4 nitrogen and oxygen atoms in total. The molecule has 5 aromatic carbocycles. The molecule has 0 spiro atoms. The number of aryl methyl sites for hydroxylation is 2. The molecular formula is C38H33F3N2O2S. The van der Waals surface area contributed by atoms with Crippen LogP contribution >= 0.6 is 0 Å². The zero-order chi connectivity index (χ0) is 32.9. The first-order chi connectivity index (χ1) is 21.9. The lowest BCUT2D eigenvalue weighted by Crippen LogP contribution is -2.38. The number of alkyl halides is 3. The molecule has 0 aromatic heterocycles. The lowest BCUT2D eigenvalue weighted by atomic mass is 10.1. The summed E-state index contributed by atoms with van der Waals surface area (Å²) >= 11 is 0. The van der Waals surface area contributed by atoms with Crippen molar-refractivity contribution in [3.8, 4) is 0 Å². The Labute approximate surface area is 268 Å². The molecule has 46 heavy (non-hydrogen) atoms. The van der Waals surface area contributed by atoms with Crippen LogP contribution in [0.4, 0.5) is 18.9 Å². The van der Waals surface area contributed by atoms with Crippen molar-refractivity contribution in [1.29, 1.82) is 0 Å². The molecule has 0 fully saturated rings. The molecule has 0 aliphatic heterocycles. The molecule has 0 saturated heterocycles. The molecule has 0 radical (unpaired) electrons. The van der Waals surface area contributed by atoms with Crippen molar-refractivity contribution in [3.05, 3.63) is 179 Å². The van der Waals surface area contributed by atoms with Gasteiger partial charge in [-0.2, -0.15) is 13.2 Å². The van der Waals surface area contributed by atoms with Gasteiger partial charge < -0.3 is 0 Å². The van der Waals surface area contributed by atoms with E-state index in [2.05, 4.69) is 6.58 Å². The normalized spacial score (nSPS) is 12.1. The zero-order valence-corrected chi connectivity index (χ0v) is 26.3. The van der Waals surface area contributed by atoms with Gasteiger partial charge in [-0.25, -0.2) is 12.7 Å². The second kappa shape index (κ2) is 13.5. The summed E-state index contributed by atoms with van der Waals surface area (Å²) in [5.41, 5.74) is 3.82. The lowest BCUT2D eigenvalue weighted by molar-refractivity contribution is -0.137. The third-order valence-electron chi connectivity index (χ3n) is 7.47. The molecule has 0 aliphatic rings. The highest BCUT2D eigenvalue weighted by Crippen LogP contribution is 2.38. The molecule has 0 amide bonds. The van der Waals surface area contributed by atoms with Gasteiger partial charge in [0, 0.05) is 11.4 Å². The molecule has 0 saturated carbocycles. The standard InChI is InChI=1S/C38H33F3N2O2S/c1-28-14-18-33(19-15-28)30(3)43(35-22-20-34(21-23-35)38(39,40)41)37(26-31-10-6-4-7-11-31)42(27-32-12-8-5-9-13-32)46(44,45)36-24-16-29(2)17-25-36/h4-26H,3,27H2,1-2H3/b37-26+. The summed E-state index contributed by atoms with van der Waals surface area (Å²) in [7, 11) is -4.24. The molecule has 0 N–H and O–H groups in total. The average Bonchev–Trinajstić information content (AvgIpc) is 3.04. The Hall–Kier alpha value is -5.08. The van der Waals surface area contributed by atoms with E-state index in [1.165, 1.54) is 16.4 Å². The van der Waals surface area contributed by atoms with Gasteiger partial charge in [0.15, 0.2) is 0 Å². The zero-order valence-electron chi connectivity index (χ0n) is 25.4. The molecular weight excluding hydrogens is 605 g/mol. The van der Waals surface area contributed by atoms with Crippen molar-refractivity contribution in [3.63, 3.8) is 0 Å². The Morgan fingerprint density at radius 2 is 1.24 bits per heavy atom. The second-order valence-corrected chi connectivity index (χ2v) is 12.8. The Morgan fingerprint density at radius 3 is 1.78 bits per heavy atom. The molecule has 5 rings (SSSR count). The minimum absolute atomic E-state index is 0.0615. The van der Waals surface area contributed by atoms with Gasteiger partial charge in [-0.3, -0.25) is 4.90 Å². The Bertz CT molecular complexity index is 1920. The van der Waals surface area contributed by atoms with E-state index >= 15 is 0 Å². The number of halogens is 3. The van der Waals surface area contributed by atoms with Crippen LogP contribution < -0.4 is 4.90 Å². The number of nitrogens with zero attached hydrogens (tertiary/aromatic N) is 2. The van der Waals surface area contributed by atoms with E-state index in [-0.39, 0.29) is 17.3 Å². The number of hydrogen-bond acceptors (Lipinski definition) is 3. The van der Waals surface area contributed by atoms with Crippen LogP contribution in [0.3, 0.4) is 0 Å². The van der Waals surface area contributed by atoms with Crippen LogP contribution in [-0.4, -0.2) is 12.7 Å². The molecule has 0 heterocycles. The summed E-state index contributed by atoms with van der Waals surface area (Å²) in [6.07, 6.45) is -2.83. The molecule has 8 heteroatoms.